The Balaban J connectivity index is 2.17. The van der Waals surface area contributed by atoms with Crippen LogP contribution in [0.1, 0.15) is 303 Å². The molecule has 1 heterocycles. The lowest BCUT2D eigenvalue weighted by Gasteiger charge is -2.40. The van der Waals surface area contributed by atoms with Gasteiger partial charge in [-0.15, -0.1) is 0 Å². The summed E-state index contributed by atoms with van der Waals surface area (Å²) in [5.74, 6) is -0.178. The smallest absolute Gasteiger partial charge is 0.220 e. The predicted octanol–water partition coefficient (Wildman–Crippen LogP) is 15.9. The van der Waals surface area contributed by atoms with Gasteiger partial charge in [0.2, 0.25) is 5.91 Å². The number of carbonyl (C=O) groups excluding carboxylic acids is 1. The number of nitrogens with one attached hydrogen (secondary N) is 1. The van der Waals surface area contributed by atoms with Crippen LogP contribution in [-0.2, 0) is 14.3 Å². The quantitative estimate of drug-likeness (QED) is 0.0261. The molecule has 6 N–H and O–H groups in total. The Kier molecular flexibility index (Phi) is 50.2. The number of rotatable bonds is 54. The van der Waals surface area contributed by atoms with Crippen molar-refractivity contribution in [1.29, 1.82) is 0 Å². The monoisotopic (exact) mass is 1020 g/mol. The molecule has 72 heavy (non-hydrogen) atoms. The van der Waals surface area contributed by atoms with Gasteiger partial charge in [0.25, 0.3) is 0 Å². The van der Waals surface area contributed by atoms with E-state index in [-0.39, 0.29) is 12.5 Å². The van der Waals surface area contributed by atoms with Crippen molar-refractivity contribution in [3.63, 3.8) is 0 Å². The lowest BCUT2D eigenvalue weighted by atomic mass is 9.99. The summed E-state index contributed by atoms with van der Waals surface area (Å²) in [6.07, 6.45) is 62.2. The second-order valence-corrected chi connectivity index (χ2v) is 21.9. The van der Waals surface area contributed by atoms with Gasteiger partial charge in [0, 0.05) is 6.42 Å². The largest absolute Gasteiger partial charge is 0.394 e. The highest BCUT2D eigenvalue weighted by Gasteiger charge is 2.44. The molecule has 1 aliphatic rings. The van der Waals surface area contributed by atoms with E-state index in [1.165, 1.54) is 238 Å². The Bertz CT molecular complexity index is 1230. The SMILES string of the molecule is CCCCC/C=C\C/C=C\CCCCCCCCCCCC(=O)NC(COC1OC(CO)C(O)C(O)C1O)C(O)/C=C/CCCCCCCCCCCCCCCCCCCCCCCCCCCCCC. The summed E-state index contributed by atoms with van der Waals surface area (Å²) in [6.45, 7) is 3.79. The topological polar surface area (TPSA) is 149 Å². The molecular formula is C63H119NO8. The zero-order chi connectivity index (χ0) is 52.2. The van der Waals surface area contributed by atoms with Crippen LogP contribution in [0.15, 0.2) is 36.5 Å². The molecule has 9 nitrogen and oxygen atoms in total. The minimum absolute atomic E-state index is 0.178. The number of ether oxygens (including phenoxy) is 2. The van der Waals surface area contributed by atoms with E-state index in [1.807, 2.05) is 6.08 Å². The van der Waals surface area contributed by atoms with Crippen molar-refractivity contribution in [3.8, 4) is 0 Å². The van der Waals surface area contributed by atoms with E-state index in [9.17, 15) is 30.3 Å². The molecule has 7 unspecified atom stereocenters. The molecule has 0 spiro atoms. The molecule has 0 saturated carbocycles. The fraction of sp³-hybridized carbons (Fsp3) is 0.889. The van der Waals surface area contributed by atoms with E-state index in [1.54, 1.807) is 6.08 Å². The maximum absolute atomic E-state index is 13.1. The van der Waals surface area contributed by atoms with Gasteiger partial charge in [-0.2, -0.15) is 0 Å². The molecule has 9 heteroatoms. The summed E-state index contributed by atoms with van der Waals surface area (Å²) in [7, 11) is 0. The fourth-order valence-electron chi connectivity index (χ4n) is 10.0. The summed E-state index contributed by atoms with van der Waals surface area (Å²) >= 11 is 0. The summed E-state index contributed by atoms with van der Waals surface area (Å²) in [5, 5.41) is 54.6. The maximum Gasteiger partial charge on any atom is 0.220 e. The van der Waals surface area contributed by atoms with Crippen LogP contribution < -0.4 is 5.32 Å². The van der Waals surface area contributed by atoms with Crippen LogP contribution in [0.3, 0.4) is 0 Å². The van der Waals surface area contributed by atoms with E-state index in [0.717, 1.165) is 44.9 Å². The van der Waals surface area contributed by atoms with Gasteiger partial charge in [-0.1, -0.05) is 281 Å². The summed E-state index contributed by atoms with van der Waals surface area (Å²) < 4.78 is 11.3. The first-order chi connectivity index (χ1) is 35.3. The van der Waals surface area contributed by atoms with Crippen LogP contribution in [0.25, 0.3) is 0 Å². The minimum atomic E-state index is -1.57. The van der Waals surface area contributed by atoms with Crippen LogP contribution in [0.4, 0.5) is 0 Å². The predicted molar refractivity (Wildman–Crippen MR) is 304 cm³/mol. The summed E-state index contributed by atoms with van der Waals surface area (Å²) in [6, 6.07) is -0.808. The standard InChI is InChI=1S/C63H119NO8/c1-3-5-7-9-11-13-15-17-19-21-23-24-25-26-27-28-29-30-31-32-33-35-36-38-40-42-44-46-48-50-52-57(66)56(55-71-63-62(70)61(69)60(68)58(54-65)72-63)64-59(67)53-51-49-47-45-43-41-39-37-34-22-20-18-16-14-12-10-8-6-4-2/h12,14,18,20,50,52,56-58,60-63,65-66,68-70H,3-11,13,15-17,19,21-49,51,53-55H2,1-2H3,(H,64,67)/b14-12-,20-18-,52-50+. The van der Waals surface area contributed by atoms with Gasteiger partial charge in [-0.3, -0.25) is 4.79 Å². The molecule has 0 aromatic heterocycles. The Morgan fingerprint density at radius 3 is 1.22 bits per heavy atom. The average Bonchev–Trinajstić information content (AvgIpc) is 3.38. The number of unbranched alkanes of at least 4 members (excludes halogenated alkanes) is 40. The molecule has 0 aromatic carbocycles. The highest BCUT2D eigenvalue weighted by molar-refractivity contribution is 5.76. The molecule has 0 aliphatic carbocycles. The van der Waals surface area contributed by atoms with E-state index >= 15 is 0 Å². The third kappa shape index (κ3) is 41.6. The Morgan fingerprint density at radius 2 is 0.819 bits per heavy atom. The Morgan fingerprint density at radius 1 is 0.472 bits per heavy atom. The third-order valence-corrected chi connectivity index (χ3v) is 15.0. The fourth-order valence-corrected chi connectivity index (χ4v) is 10.0. The van der Waals surface area contributed by atoms with E-state index < -0.39 is 49.5 Å². The number of aliphatic hydroxyl groups excluding tert-OH is 5. The van der Waals surface area contributed by atoms with Crippen molar-refractivity contribution in [2.24, 2.45) is 0 Å². The van der Waals surface area contributed by atoms with Crippen LogP contribution >= 0.6 is 0 Å². The lowest BCUT2D eigenvalue weighted by Crippen LogP contribution is -2.60. The van der Waals surface area contributed by atoms with Gasteiger partial charge >= 0.3 is 0 Å². The highest BCUT2D eigenvalue weighted by Crippen LogP contribution is 2.23. The number of hydrogen-bond acceptors (Lipinski definition) is 8. The first kappa shape index (κ1) is 68.4. The molecule has 1 rings (SSSR count). The molecule has 424 valence electrons. The van der Waals surface area contributed by atoms with Crippen molar-refractivity contribution >= 4 is 5.91 Å². The number of carbonyl (C=O) groups is 1. The third-order valence-electron chi connectivity index (χ3n) is 15.0. The maximum atomic E-state index is 13.1. The van der Waals surface area contributed by atoms with Crippen molar-refractivity contribution in [2.75, 3.05) is 13.2 Å². The van der Waals surface area contributed by atoms with Gasteiger partial charge in [0.15, 0.2) is 6.29 Å². The number of aliphatic hydroxyl groups is 5. The number of amides is 1. The lowest BCUT2D eigenvalue weighted by molar-refractivity contribution is -0.302. The number of allylic oxidation sites excluding steroid dienone is 5. The summed E-state index contributed by atoms with van der Waals surface area (Å²) in [5.41, 5.74) is 0. The van der Waals surface area contributed by atoms with Gasteiger partial charge in [-0.05, 0) is 51.4 Å². The van der Waals surface area contributed by atoms with E-state index in [0.29, 0.717) is 6.42 Å². The van der Waals surface area contributed by atoms with Crippen LogP contribution in [0, 0.1) is 0 Å². The van der Waals surface area contributed by atoms with Crippen molar-refractivity contribution in [3.05, 3.63) is 36.5 Å². The number of hydrogen-bond donors (Lipinski definition) is 6. The molecule has 1 aliphatic heterocycles. The van der Waals surface area contributed by atoms with Gasteiger partial charge < -0.3 is 40.3 Å². The van der Waals surface area contributed by atoms with Crippen LogP contribution in [0.5, 0.6) is 0 Å². The Labute approximate surface area is 444 Å². The first-order valence-corrected chi connectivity index (χ1v) is 31.2. The van der Waals surface area contributed by atoms with Gasteiger partial charge in [-0.25, -0.2) is 0 Å². The van der Waals surface area contributed by atoms with Crippen molar-refractivity contribution in [2.45, 2.75) is 346 Å². The van der Waals surface area contributed by atoms with Gasteiger partial charge in [0.05, 0.1) is 25.4 Å². The van der Waals surface area contributed by atoms with Gasteiger partial charge in [0.1, 0.15) is 24.4 Å². The molecular weight excluding hydrogens is 899 g/mol. The molecule has 0 aromatic rings. The normalized spacial score (nSPS) is 19.3. The van der Waals surface area contributed by atoms with Crippen molar-refractivity contribution in [1.82, 2.24) is 5.32 Å². The second-order valence-electron chi connectivity index (χ2n) is 21.9. The zero-order valence-electron chi connectivity index (χ0n) is 47.2. The minimum Gasteiger partial charge on any atom is -0.394 e. The highest BCUT2D eigenvalue weighted by atomic mass is 16.7. The average molecular weight is 1020 g/mol. The molecule has 1 amide bonds. The van der Waals surface area contributed by atoms with Crippen molar-refractivity contribution < 1.29 is 39.8 Å². The molecule has 1 saturated heterocycles. The second kappa shape index (κ2) is 52.8. The first-order valence-electron chi connectivity index (χ1n) is 31.2. The van der Waals surface area contributed by atoms with E-state index in [4.69, 9.17) is 9.47 Å². The van der Waals surface area contributed by atoms with E-state index in [2.05, 4.69) is 43.5 Å². The Hall–Kier alpha value is -1.59. The zero-order valence-corrected chi connectivity index (χ0v) is 47.2. The molecule has 0 bridgehead atoms. The van der Waals surface area contributed by atoms with Crippen LogP contribution in [-0.4, -0.2) is 87.5 Å². The molecule has 0 radical (unpaired) electrons. The van der Waals surface area contributed by atoms with Crippen LogP contribution in [0.2, 0.25) is 0 Å². The molecule has 7 atom stereocenters. The molecule has 1 fully saturated rings. The summed E-state index contributed by atoms with van der Waals surface area (Å²) in [4.78, 5) is 13.1.